The number of hydrogen-bond donors (Lipinski definition) is 1. The Morgan fingerprint density at radius 3 is 2.60 bits per heavy atom. The molecule has 1 aromatic carbocycles. The van der Waals surface area contributed by atoms with Crippen molar-refractivity contribution in [3.05, 3.63) is 29.8 Å². The SMILES string of the molecule is CCC1CCCCN1C(=O)c1cccc(S(=O)(=O)NC2CCCC2)c1. The van der Waals surface area contributed by atoms with Gasteiger partial charge in [-0.3, -0.25) is 4.79 Å². The summed E-state index contributed by atoms with van der Waals surface area (Å²) in [7, 11) is -3.57. The molecule has 1 unspecified atom stereocenters. The van der Waals surface area contributed by atoms with Crippen LogP contribution in [-0.2, 0) is 10.0 Å². The van der Waals surface area contributed by atoms with Gasteiger partial charge in [0.15, 0.2) is 0 Å². The van der Waals surface area contributed by atoms with E-state index in [2.05, 4.69) is 11.6 Å². The number of carbonyl (C=O) groups is 1. The van der Waals surface area contributed by atoms with Crippen LogP contribution in [-0.4, -0.2) is 37.9 Å². The number of nitrogens with zero attached hydrogens (tertiary/aromatic N) is 1. The van der Waals surface area contributed by atoms with E-state index in [1.807, 2.05) is 4.90 Å². The minimum atomic E-state index is -3.57. The molecule has 138 valence electrons. The zero-order chi connectivity index (χ0) is 17.9. The van der Waals surface area contributed by atoms with Gasteiger partial charge in [-0.15, -0.1) is 0 Å². The molecule has 1 heterocycles. The molecule has 5 nitrogen and oxygen atoms in total. The molecule has 1 saturated heterocycles. The second-order valence-corrected chi connectivity index (χ2v) is 8.90. The predicted octanol–water partition coefficient (Wildman–Crippen LogP) is 3.31. The highest BCUT2D eigenvalue weighted by Crippen LogP contribution is 2.24. The molecule has 2 aliphatic rings. The van der Waals surface area contributed by atoms with E-state index >= 15 is 0 Å². The standard InChI is InChI=1S/C19H28N2O3S/c1-2-17-11-5-6-13-21(17)19(22)15-8-7-12-18(14-15)25(23,24)20-16-9-3-4-10-16/h7-8,12,14,16-17,20H,2-6,9-11,13H2,1H3. The number of hydrogen-bond acceptors (Lipinski definition) is 3. The van der Waals surface area contributed by atoms with Gasteiger partial charge < -0.3 is 4.90 Å². The molecular weight excluding hydrogens is 336 g/mol. The van der Waals surface area contributed by atoms with Gasteiger partial charge in [0, 0.05) is 24.2 Å². The van der Waals surface area contributed by atoms with Crippen molar-refractivity contribution in [1.82, 2.24) is 9.62 Å². The van der Waals surface area contributed by atoms with Crippen molar-refractivity contribution in [1.29, 1.82) is 0 Å². The smallest absolute Gasteiger partial charge is 0.254 e. The van der Waals surface area contributed by atoms with Crippen molar-refractivity contribution >= 4 is 15.9 Å². The van der Waals surface area contributed by atoms with E-state index < -0.39 is 10.0 Å². The molecule has 1 amide bonds. The third-order valence-corrected chi connectivity index (χ3v) is 6.95. The molecule has 1 saturated carbocycles. The van der Waals surface area contributed by atoms with Gasteiger partial charge in [-0.25, -0.2) is 13.1 Å². The van der Waals surface area contributed by atoms with E-state index in [1.54, 1.807) is 18.2 Å². The number of amides is 1. The first-order valence-electron chi connectivity index (χ1n) is 9.44. The molecule has 1 aliphatic carbocycles. The quantitative estimate of drug-likeness (QED) is 0.872. The molecule has 1 aromatic rings. The maximum absolute atomic E-state index is 12.9. The Labute approximate surface area is 150 Å². The molecule has 0 aromatic heterocycles. The minimum absolute atomic E-state index is 0.0240. The molecular formula is C19H28N2O3S. The number of carbonyl (C=O) groups excluding carboxylic acids is 1. The number of piperidine rings is 1. The third kappa shape index (κ3) is 4.23. The summed E-state index contributed by atoms with van der Waals surface area (Å²) in [5, 5.41) is 0. The van der Waals surface area contributed by atoms with Crippen LogP contribution in [0.25, 0.3) is 0 Å². The van der Waals surface area contributed by atoms with Gasteiger partial charge in [0.25, 0.3) is 5.91 Å². The van der Waals surface area contributed by atoms with Crippen molar-refractivity contribution < 1.29 is 13.2 Å². The maximum atomic E-state index is 12.9. The van der Waals surface area contributed by atoms with Crippen LogP contribution >= 0.6 is 0 Å². The molecule has 0 radical (unpaired) electrons. The summed E-state index contributed by atoms with van der Waals surface area (Å²) < 4.78 is 28.0. The number of likely N-dealkylation sites (tertiary alicyclic amines) is 1. The Balaban J connectivity index is 1.79. The highest BCUT2D eigenvalue weighted by atomic mass is 32.2. The predicted molar refractivity (Wildman–Crippen MR) is 98.0 cm³/mol. The van der Waals surface area contributed by atoms with Crippen LogP contribution in [0.5, 0.6) is 0 Å². The zero-order valence-electron chi connectivity index (χ0n) is 14.9. The summed E-state index contributed by atoms with van der Waals surface area (Å²) in [4.78, 5) is 15.0. The average Bonchev–Trinajstić information content (AvgIpc) is 3.13. The van der Waals surface area contributed by atoms with Crippen molar-refractivity contribution in [2.24, 2.45) is 0 Å². The first kappa shape index (κ1) is 18.4. The second-order valence-electron chi connectivity index (χ2n) is 7.19. The topological polar surface area (TPSA) is 66.5 Å². The van der Waals surface area contributed by atoms with Crippen LogP contribution in [0.1, 0.15) is 68.6 Å². The van der Waals surface area contributed by atoms with Gasteiger partial charge in [0.05, 0.1) is 4.90 Å². The Morgan fingerprint density at radius 2 is 1.88 bits per heavy atom. The van der Waals surface area contributed by atoms with Crippen molar-refractivity contribution in [2.75, 3.05) is 6.54 Å². The number of nitrogens with one attached hydrogen (secondary N) is 1. The number of benzene rings is 1. The van der Waals surface area contributed by atoms with E-state index in [-0.39, 0.29) is 22.9 Å². The monoisotopic (exact) mass is 364 g/mol. The van der Waals surface area contributed by atoms with Crippen LogP contribution < -0.4 is 4.72 Å². The summed E-state index contributed by atoms with van der Waals surface area (Å²) in [5.74, 6) is -0.0514. The lowest BCUT2D eigenvalue weighted by Crippen LogP contribution is -2.43. The minimum Gasteiger partial charge on any atom is -0.336 e. The van der Waals surface area contributed by atoms with Gasteiger partial charge in [0.2, 0.25) is 10.0 Å². The highest BCUT2D eigenvalue weighted by Gasteiger charge is 2.28. The van der Waals surface area contributed by atoms with Crippen molar-refractivity contribution in [3.63, 3.8) is 0 Å². The molecule has 0 bridgehead atoms. The fourth-order valence-electron chi connectivity index (χ4n) is 3.99. The summed E-state index contributed by atoms with van der Waals surface area (Å²) in [6, 6.07) is 6.77. The molecule has 3 rings (SSSR count). The molecule has 1 aliphatic heterocycles. The van der Waals surface area contributed by atoms with Crippen molar-refractivity contribution in [2.45, 2.75) is 75.3 Å². The Hall–Kier alpha value is -1.40. The molecule has 1 atom stereocenters. The molecule has 25 heavy (non-hydrogen) atoms. The largest absolute Gasteiger partial charge is 0.336 e. The lowest BCUT2D eigenvalue weighted by Gasteiger charge is -2.35. The van der Waals surface area contributed by atoms with E-state index in [4.69, 9.17) is 0 Å². The van der Waals surface area contributed by atoms with E-state index in [1.165, 1.54) is 6.07 Å². The number of rotatable bonds is 5. The van der Waals surface area contributed by atoms with Crippen LogP contribution in [0.15, 0.2) is 29.2 Å². The first-order chi connectivity index (χ1) is 12.0. The summed E-state index contributed by atoms with van der Waals surface area (Å²) >= 11 is 0. The van der Waals surface area contributed by atoms with Gasteiger partial charge in [-0.2, -0.15) is 0 Å². The summed E-state index contributed by atoms with van der Waals surface area (Å²) in [6.45, 7) is 2.86. The Kier molecular flexibility index (Phi) is 5.79. The summed E-state index contributed by atoms with van der Waals surface area (Å²) in [6.07, 6.45) is 8.06. The van der Waals surface area contributed by atoms with Crippen LogP contribution in [0.4, 0.5) is 0 Å². The average molecular weight is 365 g/mol. The third-order valence-electron chi connectivity index (χ3n) is 5.43. The van der Waals surface area contributed by atoms with Gasteiger partial charge >= 0.3 is 0 Å². The first-order valence-corrected chi connectivity index (χ1v) is 10.9. The van der Waals surface area contributed by atoms with E-state index in [0.29, 0.717) is 5.56 Å². The van der Waals surface area contributed by atoms with Crippen molar-refractivity contribution in [3.8, 4) is 0 Å². The maximum Gasteiger partial charge on any atom is 0.254 e. The van der Waals surface area contributed by atoms with Crippen LogP contribution in [0.2, 0.25) is 0 Å². The van der Waals surface area contributed by atoms with Gasteiger partial charge in [-0.05, 0) is 56.7 Å². The highest BCUT2D eigenvalue weighted by molar-refractivity contribution is 7.89. The number of sulfonamides is 1. The molecule has 6 heteroatoms. The van der Waals surface area contributed by atoms with E-state index in [9.17, 15) is 13.2 Å². The second kappa shape index (κ2) is 7.87. The van der Waals surface area contributed by atoms with Gasteiger partial charge in [0.1, 0.15) is 0 Å². The summed E-state index contributed by atoms with van der Waals surface area (Å²) in [5.41, 5.74) is 0.467. The fourth-order valence-corrected chi connectivity index (χ4v) is 5.34. The lowest BCUT2D eigenvalue weighted by atomic mass is 9.99. The molecule has 1 N–H and O–H groups in total. The fraction of sp³-hybridized carbons (Fsp3) is 0.632. The van der Waals surface area contributed by atoms with Crippen LogP contribution in [0, 0.1) is 0 Å². The normalized spacial score (nSPS) is 22.3. The van der Waals surface area contributed by atoms with Gasteiger partial charge in [-0.1, -0.05) is 25.8 Å². The van der Waals surface area contributed by atoms with E-state index in [0.717, 1.165) is 57.9 Å². The Bertz CT molecular complexity index is 711. The molecule has 0 spiro atoms. The molecule has 2 fully saturated rings. The Morgan fingerprint density at radius 1 is 1.16 bits per heavy atom. The van der Waals surface area contributed by atoms with Crippen LogP contribution in [0.3, 0.4) is 0 Å². The zero-order valence-corrected chi connectivity index (χ0v) is 15.7. The lowest BCUT2D eigenvalue weighted by molar-refractivity contribution is 0.0608.